The van der Waals surface area contributed by atoms with Gasteiger partial charge in [0.25, 0.3) is 10.0 Å². The van der Waals surface area contributed by atoms with Crippen LogP contribution in [0.25, 0.3) is 0 Å². The lowest BCUT2D eigenvalue weighted by Gasteiger charge is -2.36. The van der Waals surface area contributed by atoms with E-state index in [1.54, 1.807) is 54.6 Å². The number of fused-ring (bicyclic) bond motifs is 1. The van der Waals surface area contributed by atoms with Gasteiger partial charge >= 0.3 is 6.03 Å². The first kappa shape index (κ1) is 19.6. The minimum atomic E-state index is -4.10. The molecule has 1 heterocycles. The summed E-state index contributed by atoms with van der Waals surface area (Å²) in [5.74, 6) is -0.486. The van der Waals surface area contributed by atoms with Crippen LogP contribution in [0.5, 0.6) is 0 Å². The first-order valence-electron chi connectivity index (χ1n) is 8.75. The Labute approximate surface area is 176 Å². The second-order valence-electron chi connectivity index (χ2n) is 6.68. The standard InChI is InChI=1S/C21H16BrFN2O3S/c1-14-6-10-17(11-7-14)25-21(26)24(13-15-8-9-16(22)12-18(15)23)19-4-2-3-5-20(19)29(25,27)28/h2-12H,13H2,1H3. The van der Waals surface area contributed by atoms with Gasteiger partial charge in [-0.05, 0) is 43.3 Å². The molecule has 0 unspecified atom stereocenters. The van der Waals surface area contributed by atoms with Gasteiger partial charge in [-0.2, -0.15) is 4.31 Å². The Kier molecular flexibility index (Phi) is 4.92. The second kappa shape index (κ2) is 7.27. The molecule has 4 rings (SSSR count). The molecule has 3 aromatic rings. The van der Waals surface area contributed by atoms with E-state index < -0.39 is 21.9 Å². The number of benzene rings is 3. The Morgan fingerprint density at radius 1 is 1.00 bits per heavy atom. The second-order valence-corrected chi connectivity index (χ2v) is 9.35. The summed E-state index contributed by atoms with van der Waals surface area (Å²) in [5, 5.41) is 0. The zero-order valence-electron chi connectivity index (χ0n) is 15.3. The highest BCUT2D eigenvalue weighted by molar-refractivity contribution is 9.10. The van der Waals surface area contributed by atoms with Gasteiger partial charge in [0.1, 0.15) is 10.7 Å². The number of halogens is 2. The number of para-hydroxylation sites is 1. The van der Waals surface area contributed by atoms with Crippen LogP contribution in [-0.4, -0.2) is 14.4 Å². The van der Waals surface area contributed by atoms with Gasteiger partial charge in [-0.1, -0.05) is 51.8 Å². The maximum Gasteiger partial charge on any atom is 0.343 e. The smallest absolute Gasteiger partial charge is 0.287 e. The molecule has 1 aliphatic rings. The number of nitrogens with zero attached hydrogens (tertiary/aromatic N) is 2. The monoisotopic (exact) mass is 474 g/mol. The molecule has 0 radical (unpaired) electrons. The van der Waals surface area contributed by atoms with E-state index in [1.807, 2.05) is 6.92 Å². The van der Waals surface area contributed by atoms with Gasteiger partial charge in [-0.15, -0.1) is 0 Å². The highest BCUT2D eigenvalue weighted by Crippen LogP contribution is 2.38. The molecule has 0 aromatic heterocycles. The molecule has 29 heavy (non-hydrogen) atoms. The molecule has 0 saturated carbocycles. The number of carbonyl (C=O) groups is 1. The van der Waals surface area contributed by atoms with Gasteiger partial charge in [0.15, 0.2) is 0 Å². The molecular weight excluding hydrogens is 459 g/mol. The molecule has 0 atom stereocenters. The minimum absolute atomic E-state index is 0.00213. The Morgan fingerprint density at radius 3 is 2.38 bits per heavy atom. The topological polar surface area (TPSA) is 57.7 Å². The average molecular weight is 475 g/mol. The van der Waals surface area contributed by atoms with Gasteiger partial charge in [-0.25, -0.2) is 17.6 Å². The van der Waals surface area contributed by atoms with Gasteiger partial charge in [-0.3, -0.25) is 4.90 Å². The van der Waals surface area contributed by atoms with Crippen LogP contribution >= 0.6 is 15.9 Å². The fourth-order valence-electron chi connectivity index (χ4n) is 3.21. The van der Waals surface area contributed by atoms with Crippen LogP contribution in [-0.2, 0) is 16.6 Å². The Hall–Kier alpha value is -2.71. The number of carbonyl (C=O) groups excluding carboxylic acids is 1. The molecule has 148 valence electrons. The van der Waals surface area contributed by atoms with Crippen molar-refractivity contribution in [3.8, 4) is 0 Å². The number of aryl methyl sites for hydroxylation is 1. The van der Waals surface area contributed by atoms with Crippen molar-refractivity contribution >= 4 is 43.4 Å². The first-order chi connectivity index (χ1) is 13.8. The average Bonchev–Trinajstić information content (AvgIpc) is 2.68. The zero-order valence-corrected chi connectivity index (χ0v) is 17.7. The highest BCUT2D eigenvalue weighted by Gasteiger charge is 2.42. The molecule has 2 amide bonds. The molecule has 0 bridgehead atoms. The summed E-state index contributed by atoms with van der Waals surface area (Å²) in [6, 6.07) is 16.7. The van der Waals surface area contributed by atoms with Gasteiger partial charge in [0.2, 0.25) is 0 Å². The van der Waals surface area contributed by atoms with Crippen molar-refractivity contribution in [1.82, 2.24) is 0 Å². The van der Waals surface area contributed by atoms with Crippen LogP contribution in [0, 0.1) is 12.7 Å². The number of hydrogen-bond donors (Lipinski definition) is 0. The molecule has 5 nitrogen and oxygen atoms in total. The van der Waals surface area contributed by atoms with Crippen molar-refractivity contribution in [2.45, 2.75) is 18.4 Å². The van der Waals surface area contributed by atoms with E-state index in [0.29, 0.717) is 4.47 Å². The summed E-state index contributed by atoms with van der Waals surface area (Å²) in [7, 11) is -4.10. The van der Waals surface area contributed by atoms with E-state index in [2.05, 4.69) is 15.9 Å². The van der Waals surface area contributed by atoms with Gasteiger partial charge in [0.05, 0.1) is 17.9 Å². The van der Waals surface area contributed by atoms with Crippen molar-refractivity contribution in [1.29, 1.82) is 0 Å². The molecule has 0 aliphatic carbocycles. The number of rotatable bonds is 3. The Morgan fingerprint density at radius 2 is 1.69 bits per heavy atom. The third kappa shape index (κ3) is 3.42. The van der Waals surface area contributed by atoms with Crippen LogP contribution in [0.15, 0.2) is 76.1 Å². The number of hydrogen-bond acceptors (Lipinski definition) is 3. The first-order valence-corrected chi connectivity index (χ1v) is 11.0. The van der Waals surface area contributed by atoms with Crippen LogP contribution in [0.4, 0.5) is 20.6 Å². The Balaban J connectivity index is 1.86. The van der Waals surface area contributed by atoms with Crippen molar-refractivity contribution in [2.24, 2.45) is 0 Å². The molecule has 0 saturated heterocycles. The van der Waals surface area contributed by atoms with E-state index in [-0.39, 0.29) is 28.4 Å². The predicted molar refractivity (Wildman–Crippen MR) is 113 cm³/mol. The third-order valence-electron chi connectivity index (χ3n) is 4.69. The van der Waals surface area contributed by atoms with Crippen LogP contribution < -0.4 is 9.21 Å². The van der Waals surface area contributed by atoms with E-state index in [4.69, 9.17) is 0 Å². The molecule has 0 spiro atoms. The van der Waals surface area contributed by atoms with Gasteiger partial charge in [0, 0.05) is 10.0 Å². The van der Waals surface area contributed by atoms with E-state index in [0.717, 1.165) is 9.87 Å². The van der Waals surface area contributed by atoms with Crippen molar-refractivity contribution < 1.29 is 17.6 Å². The molecule has 3 aromatic carbocycles. The summed E-state index contributed by atoms with van der Waals surface area (Å²) in [6.07, 6.45) is 0. The van der Waals surface area contributed by atoms with Crippen LogP contribution in [0.2, 0.25) is 0 Å². The largest absolute Gasteiger partial charge is 0.343 e. The zero-order chi connectivity index (χ0) is 20.8. The fourth-order valence-corrected chi connectivity index (χ4v) is 5.14. The van der Waals surface area contributed by atoms with Crippen molar-refractivity contribution in [3.05, 3.63) is 88.1 Å². The predicted octanol–water partition coefficient (Wildman–Crippen LogP) is 5.23. The van der Waals surface area contributed by atoms with Crippen LogP contribution in [0.3, 0.4) is 0 Å². The number of anilines is 2. The normalized spacial score (nSPS) is 15.3. The maximum atomic E-state index is 14.4. The van der Waals surface area contributed by atoms with Crippen molar-refractivity contribution in [3.63, 3.8) is 0 Å². The van der Waals surface area contributed by atoms with E-state index >= 15 is 0 Å². The SMILES string of the molecule is Cc1ccc(N2C(=O)N(Cc3ccc(Br)cc3F)c3ccccc3S2(=O)=O)cc1. The van der Waals surface area contributed by atoms with Gasteiger partial charge < -0.3 is 0 Å². The molecule has 1 aliphatic heterocycles. The summed E-state index contributed by atoms with van der Waals surface area (Å²) in [4.78, 5) is 14.6. The lowest BCUT2D eigenvalue weighted by atomic mass is 10.2. The third-order valence-corrected chi connectivity index (χ3v) is 6.93. The highest BCUT2D eigenvalue weighted by atomic mass is 79.9. The number of urea groups is 1. The summed E-state index contributed by atoms with van der Waals surface area (Å²) in [6.45, 7) is 1.76. The minimum Gasteiger partial charge on any atom is -0.287 e. The Bertz CT molecular complexity index is 1210. The quantitative estimate of drug-likeness (QED) is 0.521. The molecule has 0 N–H and O–H groups in total. The molecule has 0 fully saturated rings. The number of amides is 2. The van der Waals surface area contributed by atoms with E-state index in [1.165, 1.54) is 17.0 Å². The summed E-state index contributed by atoms with van der Waals surface area (Å²) < 4.78 is 42.2. The maximum absolute atomic E-state index is 14.4. The molecule has 8 heteroatoms. The fraction of sp³-hybridized carbons (Fsp3) is 0.0952. The lowest BCUT2D eigenvalue weighted by molar-refractivity contribution is 0.253. The van der Waals surface area contributed by atoms with Crippen LogP contribution in [0.1, 0.15) is 11.1 Å². The summed E-state index contributed by atoms with van der Waals surface area (Å²) >= 11 is 3.21. The summed E-state index contributed by atoms with van der Waals surface area (Å²) in [5.41, 5.74) is 1.67. The van der Waals surface area contributed by atoms with E-state index in [9.17, 15) is 17.6 Å². The number of sulfonamides is 1. The molecular formula is C21H16BrFN2O3S. The lowest BCUT2D eigenvalue weighted by Crippen LogP contribution is -2.50. The van der Waals surface area contributed by atoms with Crippen molar-refractivity contribution in [2.75, 3.05) is 9.21 Å².